The number of para-hydroxylation sites is 3. The Bertz CT molecular complexity index is 2480. The highest BCUT2D eigenvalue weighted by atomic mass is 16.5. The normalized spacial score (nSPS) is 11.3. The first-order chi connectivity index (χ1) is 24.3. The highest BCUT2D eigenvalue weighted by molar-refractivity contribution is 6.09. The number of hydrogen-bond acceptors (Lipinski definition) is 4. The van der Waals surface area contributed by atoms with E-state index in [2.05, 4.69) is 148 Å². The fourth-order valence-electron chi connectivity index (χ4n) is 6.66. The number of aromatic nitrogens is 3. The standard InChI is InChI=1S/C44H30N4O/c1-3-12-31(13-4-1)33-14-11-15-34(30-33)43-45-44(49-46-43)32-22-24-36(25-23-32)47(35-16-5-2-6-17-35)37-26-28-38(29-27-37)48-41-20-9-7-18-39(41)40-19-8-10-21-42(40)48/h1-30H. The maximum atomic E-state index is 5.75. The molecule has 0 bridgehead atoms. The van der Waals surface area contributed by atoms with Gasteiger partial charge in [-0.25, -0.2) is 0 Å². The van der Waals surface area contributed by atoms with Crippen LogP contribution in [0.25, 0.3) is 61.5 Å². The van der Waals surface area contributed by atoms with Crippen LogP contribution in [0, 0.1) is 0 Å². The van der Waals surface area contributed by atoms with Crippen molar-refractivity contribution in [2.24, 2.45) is 0 Å². The highest BCUT2D eigenvalue weighted by Crippen LogP contribution is 2.37. The minimum absolute atomic E-state index is 0.480. The average molecular weight is 631 g/mol. The van der Waals surface area contributed by atoms with Gasteiger partial charge >= 0.3 is 0 Å². The van der Waals surface area contributed by atoms with Crippen LogP contribution >= 0.6 is 0 Å². The number of nitrogens with zero attached hydrogens (tertiary/aromatic N) is 4. The minimum Gasteiger partial charge on any atom is -0.334 e. The van der Waals surface area contributed by atoms with Crippen LogP contribution in [0.5, 0.6) is 0 Å². The number of rotatable bonds is 7. The molecule has 0 fully saturated rings. The third kappa shape index (κ3) is 5.24. The SMILES string of the molecule is c1ccc(-c2cccc(-c3noc(-c4ccc(N(c5ccccc5)c5ccc(-n6c7ccccc7c7ccccc76)cc5)cc4)n3)c2)cc1. The lowest BCUT2D eigenvalue weighted by Gasteiger charge is -2.26. The van der Waals surface area contributed by atoms with E-state index in [1.807, 2.05) is 48.5 Å². The highest BCUT2D eigenvalue weighted by Gasteiger charge is 2.17. The quantitative estimate of drug-likeness (QED) is 0.176. The predicted molar refractivity (Wildman–Crippen MR) is 200 cm³/mol. The fraction of sp³-hybridized carbons (Fsp3) is 0. The fourth-order valence-corrected chi connectivity index (χ4v) is 6.66. The van der Waals surface area contributed by atoms with Crippen molar-refractivity contribution in [2.75, 3.05) is 4.90 Å². The molecule has 5 heteroatoms. The summed E-state index contributed by atoms with van der Waals surface area (Å²) in [4.78, 5) is 7.02. The molecule has 0 aliphatic heterocycles. The molecule has 0 radical (unpaired) electrons. The summed E-state index contributed by atoms with van der Waals surface area (Å²) in [5, 5.41) is 6.82. The van der Waals surface area contributed by atoms with Crippen molar-refractivity contribution < 1.29 is 4.52 Å². The molecule has 0 amide bonds. The first-order valence-corrected chi connectivity index (χ1v) is 16.3. The lowest BCUT2D eigenvalue weighted by atomic mass is 10.0. The average Bonchev–Trinajstić information content (AvgIpc) is 3.81. The molecule has 0 aliphatic rings. The van der Waals surface area contributed by atoms with Crippen LogP contribution in [-0.4, -0.2) is 14.7 Å². The number of fused-ring (bicyclic) bond motifs is 3. The smallest absolute Gasteiger partial charge is 0.258 e. The van der Waals surface area contributed by atoms with Crippen molar-refractivity contribution >= 4 is 38.9 Å². The van der Waals surface area contributed by atoms with E-state index in [-0.39, 0.29) is 0 Å². The molecule has 2 aromatic heterocycles. The molecule has 5 nitrogen and oxygen atoms in total. The monoisotopic (exact) mass is 630 g/mol. The van der Waals surface area contributed by atoms with Crippen molar-refractivity contribution in [3.05, 3.63) is 182 Å². The molecule has 0 saturated heterocycles. The lowest BCUT2D eigenvalue weighted by Crippen LogP contribution is -2.10. The zero-order valence-electron chi connectivity index (χ0n) is 26.5. The summed E-state index contributed by atoms with van der Waals surface area (Å²) in [5.41, 5.74) is 10.7. The van der Waals surface area contributed by atoms with Gasteiger partial charge in [0, 0.05) is 44.6 Å². The van der Waals surface area contributed by atoms with Gasteiger partial charge in [0.15, 0.2) is 0 Å². The van der Waals surface area contributed by atoms with E-state index in [0.717, 1.165) is 45.0 Å². The van der Waals surface area contributed by atoms with Crippen LogP contribution in [0.15, 0.2) is 187 Å². The second-order valence-corrected chi connectivity index (χ2v) is 12.0. The Morgan fingerprint density at radius 2 is 0.959 bits per heavy atom. The van der Waals surface area contributed by atoms with Gasteiger partial charge in [-0.3, -0.25) is 0 Å². The van der Waals surface area contributed by atoms with E-state index < -0.39 is 0 Å². The van der Waals surface area contributed by atoms with Gasteiger partial charge in [0.2, 0.25) is 5.82 Å². The number of anilines is 3. The molecule has 2 heterocycles. The molecule has 0 spiro atoms. The molecule has 0 aliphatic carbocycles. The molecular weight excluding hydrogens is 601 g/mol. The maximum Gasteiger partial charge on any atom is 0.258 e. The van der Waals surface area contributed by atoms with Gasteiger partial charge in [0.25, 0.3) is 5.89 Å². The van der Waals surface area contributed by atoms with Crippen LogP contribution in [-0.2, 0) is 0 Å². The Morgan fingerprint density at radius 3 is 1.63 bits per heavy atom. The molecule has 9 rings (SSSR count). The predicted octanol–water partition coefficient (Wildman–Crippen LogP) is 11.6. The van der Waals surface area contributed by atoms with Gasteiger partial charge in [-0.2, -0.15) is 4.98 Å². The van der Waals surface area contributed by atoms with Crippen LogP contribution in [0.4, 0.5) is 17.1 Å². The van der Waals surface area contributed by atoms with E-state index >= 15 is 0 Å². The largest absolute Gasteiger partial charge is 0.334 e. The van der Waals surface area contributed by atoms with Crippen LogP contribution in [0.1, 0.15) is 0 Å². The summed E-state index contributed by atoms with van der Waals surface area (Å²) in [6.07, 6.45) is 0. The number of hydrogen-bond donors (Lipinski definition) is 0. The van der Waals surface area contributed by atoms with Crippen molar-refractivity contribution in [1.82, 2.24) is 14.7 Å². The van der Waals surface area contributed by atoms with Crippen LogP contribution in [0.3, 0.4) is 0 Å². The Balaban J connectivity index is 1.04. The van der Waals surface area contributed by atoms with Crippen molar-refractivity contribution in [2.45, 2.75) is 0 Å². The zero-order valence-corrected chi connectivity index (χ0v) is 26.5. The molecule has 7 aromatic carbocycles. The summed E-state index contributed by atoms with van der Waals surface area (Å²) < 4.78 is 8.09. The second kappa shape index (κ2) is 12.1. The van der Waals surface area contributed by atoms with E-state index in [1.165, 1.54) is 21.8 Å². The Morgan fingerprint density at radius 1 is 0.429 bits per heavy atom. The van der Waals surface area contributed by atoms with E-state index in [0.29, 0.717) is 11.7 Å². The molecule has 232 valence electrons. The molecule has 49 heavy (non-hydrogen) atoms. The molecule has 0 atom stereocenters. The van der Waals surface area contributed by atoms with E-state index in [1.54, 1.807) is 0 Å². The van der Waals surface area contributed by atoms with Gasteiger partial charge in [-0.1, -0.05) is 108 Å². The Hall–Kier alpha value is -6.72. The van der Waals surface area contributed by atoms with E-state index in [9.17, 15) is 0 Å². The maximum absolute atomic E-state index is 5.75. The van der Waals surface area contributed by atoms with Gasteiger partial charge in [0.1, 0.15) is 0 Å². The summed E-state index contributed by atoms with van der Waals surface area (Å²) in [6, 6.07) is 63.2. The zero-order chi connectivity index (χ0) is 32.6. The third-order valence-electron chi connectivity index (χ3n) is 8.99. The summed E-state index contributed by atoms with van der Waals surface area (Å²) >= 11 is 0. The second-order valence-electron chi connectivity index (χ2n) is 12.0. The Kier molecular flexibility index (Phi) is 7.06. The van der Waals surface area contributed by atoms with Gasteiger partial charge in [0.05, 0.1) is 11.0 Å². The summed E-state index contributed by atoms with van der Waals surface area (Å²) in [6.45, 7) is 0. The first-order valence-electron chi connectivity index (χ1n) is 16.3. The molecule has 9 aromatic rings. The molecular formula is C44H30N4O. The van der Waals surface area contributed by atoms with Crippen molar-refractivity contribution in [1.29, 1.82) is 0 Å². The minimum atomic E-state index is 0.480. The van der Waals surface area contributed by atoms with Gasteiger partial charge in [-0.05, 0) is 90.0 Å². The molecule has 0 N–H and O–H groups in total. The van der Waals surface area contributed by atoms with Crippen LogP contribution < -0.4 is 4.90 Å². The number of benzene rings is 7. The summed E-state index contributed by atoms with van der Waals surface area (Å²) in [7, 11) is 0. The van der Waals surface area contributed by atoms with Crippen molar-refractivity contribution in [3.8, 4) is 39.7 Å². The topological polar surface area (TPSA) is 47.1 Å². The lowest BCUT2D eigenvalue weighted by molar-refractivity contribution is 0.432. The molecule has 0 unspecified atom stereocenters. The van der Waals surface area contributed by atoms with Gasteiger partial charge < -0.3 is 14.0 Å². The Labute approximate surface area is 284 Å². The third-order valence-corrected chi connectivity index (χ3v) is 8.99. The summed E-state index contributed by atoms with van der Waals surface area (Å²) in [5.74, 6) is 1.04. The van der Waals surface area contributed by atoms with Crippen LogP contribution in [0.2, 0.25) is 0 Å². The van der Waals surface area contributed by atoms with Gasteiger partial charge in [-0.15, -0.1) is 0 Å². The van der Waals surface area contributed by atoms with E-state index in [4.69, 9.17) is 9.51 Å². The molecule has 0 saturated carbocycles. The van der Waals surface area contributed by atoms with Crippen molar-refractivity contribution in [3.63, 3.8) is 0 Å². The first kappa shape index (κ1) is 28.5.